The third-order valence-corrected chi connectivity index (χ3v) is 8.13. The van der Waals surface area contributed by atoms with E-state index in [1.807, 2.05) is 24.3 Å². The third-order valence-electron chi connectivity index (χ3n) is 7.32. The Balaban J connectivity index is 1.45. The molecule has 0 bridgehead atoms. The van der Waals surface area contributed by atoms with Gasteiger partial charge in [0.25, 0.3) is 0 Å². The van der Waals surface area contributed by atoms with Crippen LogP contribution in [0.15, 0.2) is 60.7 Å². The maximum Gasteiger partial charge on any atom is 0.159 e. The van der Waals surface area contributed by atoms with Crippen molar-refractivity contribution < 1.29 is 8.78 Å². The zero-order valence-corrected chi connectivity index (χ0v) is 20.2. The molecule has 1 saturated heterocycles. The van der Waals surface area contributed by atoms with Crippen molar-refractivity contribution in [2.75, 3.05) is 13.1 Å². The highest BCUT2D eigenvalue weighted by Crippen LogP contribution is 2.53. The summed E-state index contributed by atoms with van der Waals surface area (Å²) in [5.41, 5.74) is 3.20. The average Bonchev–Trinajstić information content (AvgIpc) is 3.19. The van der Waals surface area contributed by atoms with Crippen molar-refractivity contribution in [1.29, 1.82) is 0 Å². The second-order valence-electron chi connectivity index (χ2n) is 9.29. The van der Waals surface area contributed by atoms with Crippen LogP contribution in [0.1, 0.15) is 41.4 Å². The summed E-state index contributed by atoms with van der Waals surface area (Å²) in [6, 6.07) is 18.2. The number of fused-ring (bicyclic) bond motifs is 1. The van der Waals surface area contributed by atoms with Crippen molar-refractivity contribution in [2.24, 2.45) is 11.8 Å². The predicted molar refractivity (Wildman–Crippen MR) is 131 cm³/mol. The van der Waals surface area contributed by atoms with Crippen molar-refractivity contribution in [3.63, 3.8) is 0 Å². The molecule has 0 radical (unpaired) electrons. The van der Waals surface area contributed by atoms with Gasteiger partial charge in [0.05, 0.1) is 0 Å². The number of likely N-dealkylation sites (tertiary alicyclic amines) is 1. The van der Waals surface area contributed by atoms with Crippen LogP contribution in [-0.2, 0) is 6.54 Å². The summed E-state index contributed by atoms with van der Waals surface area (Å²) in [5, 5.41) is 2.07. The van der Waals surface area contributed by atoms with Crippen LogP contribution < -0.4 is 0 Å². The summed E-state index contributed by atoms with van der Waals surface area (Å²) < 4.78 is 27.1. The van der Waals surface area contributed by atoms with Gasteiger partial charge in [-0.2, -0.15) is 0 Å². The summed E-state index contributed by atoms with van der Waals surface area (Å²) >= 11 is 19.0. The van der Waals surface area contributed by atoms with Crippen molar-refractivity contribution in [2.45, 2.75) is 31.2 Å². The Morgan fingerprint density at radius 3 is 2.27 bits per heavy atom. The van der Waals surface area contributed by atoms with E-state index in [0.717, 1.165) is 42.1 Å². The van der Waals surface area contributed by atoms with Crippen LogP contribution in [0.5, 0.6) is 0 Å². The fourth-order valence-electron chi connectivity index (χ4n) is 5.91. The van der Waals surface area contributed by atoms with Crippen molar-refractivity contribution in [3.05, 3.63) is 104 Å². The second kappa shape index (κ2) is 9.54. The minimum absolute atomic E-state index is 0.278. The zero-order valence-electron chi connectivity index (χ0n) is 18.0. The number of halogens is 5. The fourth-order valence-corrected chi connectivity index (χ4v) is 6.59. The SMILES string of the molecule is Fc1ccc(CN2CC3CCC(c4ccc(Cl)cc4Cl)[C@H](c4ccc(Cl)cc4)[C@@H]3C2)cc1F. The summed E-state index contributed by atoms with van der Waals surface area (Å²) in [5.74, 6) is -0.0600. The van der Waals surface area contributed by atoms with Crippen LogP contribution in [0.3, 0.4) is 0 Å². The Kier molecular flexibility index (Phi) is 6.68. The van der Waals surface area contributed by atoms with Gasteiger partial charge in [0.1, 0.15) is 0 Å². The Bertz CT molecular complexity index is 1150. The Labute approximate surface area is 208 Å². The van der Waals surface area contributed by atoms with Crippen LogP contribution in [0.4, 0.5) is 8.78 Å². The molecular formula is C27H24Cl3F2N. The van der Waals surface area contributed by atoms with Gasteiger partial charge in [-0.25, -0.2) is 8.78 Å². The monoisotopic (exact) mass is 505 g/mol. The number of rotatable bonds is 4. The molecule has 1 heterocycles. The van der Waals surface area contributed by atoms with Gasteiger partial charge in [-0.15, -0.1) is 0 Å². The highest BCUT2D eigenvalue weighted by atomic mass is 35.5. The van der Waals surface area contributed by atoms with Crippen LogP contribution in [-0.4, -0.2) is 18.0 Å². The van der Waals surface area contributed by atoms with Gasteiger partial charge in [0.2, 0.25) is 0 Å². The molecule has 5 rings (SSSR count). The van der Waals surface area contributed by atoms with Gasteiger partial charge in [0, 0.05) is 34.7 Å². The molecule has 2 unspecified atom stereocenters. The first-order valence-corrected chi connectivity index (χ1v) is 12.4. The van der Waals surface area contributed by atoms with Crippen molar-refractivity contribution >= 4 is 34.8 Å². The highest BCUT2D eigenvalue weighted by Gasteiger charge is 2.45. The lowest BCUT2D eigenvalue weighted by atomic mass is 9.63. The van der Waals surface area contributed by atoms with Crippen LogP contribution in [0.2, 0.25) is 15.1 Å². The quantitative estimate of drug-likeness (QED) is 0.344. The summed E-state index contributed by atoms with van der Waals surface area (Å²) in [6.07, 6.45) is 2.14. The molecule has 1 saturated carbocycles. The molecule has 0 N–H and O–H groups in total. The standard InChI is InChI=1S/C27H24Cl3F2N/c28-19-5-2-17(3-6-19)27-22(21-9-7-20(29)12-24(21)30)8-4-18-14-33(15-23(18)27)13-16-1-10-25(31)26(32)11-16/h1-3,5-7,9-12,18,22-23,27H,4,8,13-15H2/t18?,22?,23-,27+/m1/s1. The first kappa shape index (κ1) is 23.1. The van der Waals surface area contributed by atoms with Gasteiger partial charge in [-0.3, -0.25) is 4.90 Å². The molecule has 0 aromatic heterocycles. The second-order valence-corrected chi connectivity index (χ2v) is 10.6. The summed E-state index contributed by atoms with van der Waals surface area (Å²) in [4.78, 5) is 2.37. The van der Waals surface area contributed by atoms with Crippen molar-refractivity contribution in [1.82, 2.24) is 4.90 Å². The largest absolute Gasteiger partial charge is 0.298 e. The molecule has 4 atom stereocenters. The van der Waals surface area contributed by atoms with Crippen molar-refractivity contribution in [3.8, 4) is 0 Å². The topological polar surface area (TPSA) is 3.24 Å². The van der Waals surface area contributed by atoms with E-state index < -0.39 is 11.6 Å². The number of nitrogens with zero attached hydrogens (tertiary/aromatic N) is 1. The number of hydrogen-bond donors (Lipinski definition) is 0. The fraction of sp³-hybridized carbons (Fsp3) is 0.333. The van der Waals surface area contributed by atoms with Gasteiger partial charge >= 0.3 is 0 Å². The number of hydrogen-bond acceptors (Lipinski definition) is 1. The molecule has 172 valence electrons. The smallest absolute Gasteiger partial charge is 0.159 e. The third kappa shape index (κ3) is 4.79. The van der Waals surface area contributed by atoms with E-state index in [9.17, 15) is 8.78 Å². The Morgan fingerprint density at radius 1 is 0.788 bits per heavy atom. The van der Waals surface area contributed by atoms with Crippen LogP contribution in [0.25, 0.3) is 0 Å². The van der Waals surface area contributed by atoms with E-state index in [1.54, 1.807) is 6.07 Å². The highest BCUT2D eigenvalue weighted by molar-refractivity contribution is 6.35. The molecule has 2 fully saturated rings. The normalized spacial score (nSPS) is 25.2. The molecule has 0 spiro atoms. The maximum absolute atomic E-state index is 13.7. The Hall–Kier alpha value is -1.65. The minimum atomic E-state index is -0.806. The zero-order chi connectivity index (χ0) is 23.1. The average molecular weight is 507 g/mol. The Morgan fingerprint density at radius 2 is 1.55 bits per heavy atom. The van der Waals surface area contributed by atoms with E-state index >= 15 is 0 Å². The van der Waals surface area contributed by atoms with Gasteiger partial charge in [-0.05, 0) is 89.6 Å². The summed E-state index contributed by atoms with van der Waals surface area (Å²) in [6.45, 7) is 2.47. The minimum Gasteiger partial charge on any atom is -0.298 e. The predicted octanol–water partition coefficient (Wildman–Crippen LogP) is 8.33. The first-order chi connectivity index (χ1) is 15.9. The summed E-state index contributed by atoms with van der Waals surface area (Å²) in [7, 11) is 0. The van der Waals surface area contributed by atoms with E-state index in [0.29, 0.717) is 28.4 Å². The van der Waals surface area contributed by atoms with Gasteiger partial charge < -0.3 is 0 Å². The molecule has 1 aliphatic carbocycles. The van der Waals surface area contributed by atoms with Gasteiger partial charge in [-0.1, -0.05) is 59.1 Å². The molecule has 6 heteroatoms. The first-order valence-electron chi connectivity index (χ1n) is 11.3. The van der Waals surface area contributed by atoms with E-state index in [1.165, 1.54) is 17.7 Å². The lowest BCUT2D eigenvalue weighted by Crippen LogP contribution is -2.31. The lowest BCUT2D eigenvalue weighted by Gasteiger charge is -2.41. The molecule has 1 aliphatic heterocycles. The molecule has 2 aliphatic rings. The van der Waals surface area contributed by atoms with Crippen LogP contribution in [0, 0.1) is 23.5 Å². The molecule has 33 heavy (non-hydrogen) atoms. The van der Waals surface area contributed by atoms with E-state index in [4.69, 9.17) is 34.8 Å². The molecule has 1 nitrogen and oxygen atoms in total. The van der Waals surface area contributed by atoms with Gasteiger partial charge in [0.15, 0.2) is 11.6 Å². The van der Waals surface area contributed by atoms with Crippen LogP contribution >= 0.6 is 34.8 Å². The number of benzene rings is 3. The molecule has 3 aromatic rings. The van der Waals surface area contributed by atoms with E-state index in [2.05, 4.69) is 23.1 Å². The molecule has 3 aromatic carbocycles. The molecular weight excluding hydrogens is 483 g/mol. The maximum atomic E-state index is 13.7. The lowest BCUT2D eigenvalue weighted by molar-refractivity contribution is 0.227. The van der Waals surface area contributed by atoms with E-state index in [-0.39, 0.29) is 11.8 Å². The molecule has 0 amide bonds.